The average Bonchev–Trinajstić information content (AvgIpc) is 2.30. The third kappa shape index (κ3) is 4.20. The van der Waals surface area contributed by atoms with Crippen molar-refractivity contribution in [2.75, 3.05) is 23.9 Å². The Hall–Kier alpha value is -1.34. The van der Waals surface area contributed by atoms with Crippen LogP contribution in [0.5, 0.6) is 0 Å². The van der Waals surface area contributed by atoms with Gasteiger partial charge in [0, 0.05) is 30.7 Å². The maximum atomic E-state index is 10.8. The van der Waals surface area contributed by atoms with Crippen molar-refractivity contribution in [1.82, 2.24) is 4.98 Å². The van der Waals surface area contributed by atoms with Crippen molar-refractivity contribution in [2.24, 2.45) is 0 Å². The molecule has 0 aliphatic heterocycles. The molecule has 0 unspecified atom stereocenters. The fourth-order valence-electron chi connectivity index (χ4n) is 1.40. The van der Waals surface area contributed by atoms with Gasteiger partial charge in [-0.1, -0.05) is 0 Å². The molecule has 0 aliphatic carbocycles. The SMILES string of the molecule is CSC[C@H](CCO)Nc1ncccc1[N+](=O)[O-]. The monoisotopic (exact) mass is 257 g/mol. The normalized spacial score (nSPS) is 12.1. The lowest BCUT2D eigenvalue weighted by Gasteiger charge is -2.16. The molecule has 1 aromatic heterocycles. The third-order valence-corrected chi connectivity index (χ3v) is 2.91. The number of hydrogen-bond donors (Lipinski definition) is 2. The Balaban J connectivity index is 2.80. The molecule has 0 fully saturated rings. The molecule has 2 N–H and O–H groups in total. The molecular weight excluding hydrogens is 242 g/mol. The molecule has 0 aliphatic rings. The van der Waals surface area contributed by atoms with E-state index >= 15 is 0 Å². The molecule has 0 saturated carbocycles. The van der Waals surface area contributed by atoms with Crippen molar-refractivity contribution in [3.63, 3.8) is 0 Å². The summed E-state index contributed by atoms with van der Waals surface area (Å²) in [5.41, 5.74) is -0.0449. The van der Waals surface area contributed by atoms with Crippen LogP contribution in [0, 0.1) is 10.1 Å². The molecule has 0 spiro atoms. The Kier molecular flexibility index (Phi) is 5.71. The van der Waals surface area contributed by atoms with E-state index in [4.69, 9.17) is 5.11 Å². The van der Waals surface area contributed by atoms with E-state index in [9.17, 15) is 10.1 Å². The highest BCUT2D eigenvalue weighted by molar-refractivity contribution is 7.98. The van der Waals surface area contributed by atoms with Gasteiger partial charge in [0.05, 0.1) is 4.92 Å². The number of anilines is 1. The van der Waals surface area contributed by atoms with Gasteiger partial charge in [0.2, 0.25) is 5.82 Å². The number of thioether (sulfide) groups is 1. The number of aliphatic hydroxyl groups is 1. The third-order valence-electron chi connectivity index (χ3n) is 2.17. The topological polar surface area (TPSA) is 88.3 Å². The lowest BCUT2D eigenvalue weighted by Crippen LogP contribution is -2.24. The van der Waals surface area contributed by atoms with E-state index < -0.39 is 4.92 Å². The van der Waals surface area contributed by atoms with Crippen LogP contribution in [-0.4, -0.2) is 39.7 Å². The van der Waals surface area contributed by atoms with Gasteiger partial charge in [-0.2, -0.15) is 11.8 Å². The fourth-order valence-corrected chi connectivity index (χ4v) is 2.06. The van der Waals surface area contributed by atoms with Gasteiger partial charge in [-0.3, -0.25) is 10.1 Å². The lowest BCUT2D eigenvalue weighted by atomic mass is 10.2. The summed E-state index contributed by atoms with van der Waals surface area (Å²) in [7, 11) is 0. The summed E-state index contributed by atoms with van der Waals surface area (Å²) in [5.74, 6) is 1.01. The number of aliphatic hydroxyl groups excluding tert-OH is 1. The van der Waals surface area contributed by atoms with Crippen LogP contribution in [-0.2, 0) is 0 Å². The minimum atomic E-state index is -0.468. The Bertz CT molecular complexity index is 370. The molecule has 1 atom stereocenters. The molecule has 0 saturated heterocycles. The van der Waals surface area contributed by atoms with Crippen LogP contribution >= 0.6 is 11.8 Å². The maximum absolute atomic E-state index is 10.8. The number of nitrogens with one attached hydrogen (secondary N) is 1. The Labute approximate surface area is 104 Å². The Morgan fingerprint density at radius 1 is 1.71 bits per heavy atom. The summed E-state index contributed by atoms with van der Waals surface area (Å²) in [6.45, 7) is 0.0405. The standard InChI is InChI=1S/C10H15N3O3S/c1-17-7-8(4-6-14)12-10-9(13(15)16)3-2-5-11-10/h2-3,5,8,14H,4,6-7H2,1H3,(H,11,12)/t8-/m0/s1. The highest BCUT2D eigenvalue weighted by Crippen LogP contribution is 2.22. The van der Waals surface area contributed by atoms with Gasteiger partial charge in [0.25, 0.3) is 0 Å². The maximum Gasteiger partial charge on any atom is 0.311 e. The summed E-state index contributed by atoms with van der Waals surface area (Å²) >= 11 is 1.61. The minimum Gasteiger partial charge on any atom is -0.396 e. The molecular formula is C10H15N3O3S. The zero-order valence-corrected chi connectivity index (χ0v) is 10.3. The number of rotatable bonds is 7. The fraction of sp³-hybridized carbons (Fsp3) is 0.500. The zero-order valence-electron chi connectivity index (χ0n) is 9.50. The van der Waals surface area contributed by atoms with Crippen LogP contribution in [0.4, 0.5) is 11.5 Å². The van der Waals surface area contributed by atoms with E-state index in [1.807, 2.05) is 6.26 Å². The minimum absolute atomic E-state index is 0.0244. The van der Waals surface area contributed by atoms with Crippen molar-refractivity contribution in [3.05, 3.63) is 28.4 Å². The number of nitro groups is 1. The molecule has 0 radical (unpaired) electrons. The summed E-state index contributed by atoms with van der Waals surface area (Å²) in [5, 5.41) is 22.7. The molecule has 17 heavy (non-hydrogen) atoms. The quantitative estimate of drug-likeness (QED) is 0.568. The van der Waals surface area contributed by atoms with Gasteiger partial charge in [0.1, 0.15) is 0 Å². The number of pyridine rings is 1. The molecule has 94 valence electrons. The molecule has 0 amide bonds. The first-order chi connectivity index (χ1) is 8.19. The van der Waals surface area contributed by atoms with E-state index in [1.54, 1.807) is 11.8 Å². The summed E-state index contributed by atoms with van der Waals surface area (Å²) in [6, 6.07) is 2.91. The van der Waals surface area contributed by atoms with E-state index in [0.29, 0.717) is 6.42 Å². The van der Waals surface area contributed by atoms with Gasteiger partial charge < -0.3 is 10.4 Å². The van der Waals surface area contributed by atoms with Crippen LogP contribution in [0.1, 0.15) is 6.42 Å². The highest BCUT2D eigenvalue weighted by atomic mass is 32.2. The van der Waals surface area contributed by atoms with Crippen LogP contribution in [0.25, 0.3) is 0 Å². The second-order valence-electron chi connectivity index (χ2n) is 3.44. The molecule has 1 heterocycles. The second kappa shape index (κ2) is 7.08. The molecule has 1 aromatic rings. The predicted octanol–water partition coefficient (Wildman–Crippen LogP) is 1.52. The molecule has 1 rings (SSSR count). The first kappa shape index (κ1) is 13.7. The van der Waals surface area contributed by atoms with E-state index in [2.05, 4.69) is 10.3 Å². The first-order valence-electron chi connectivity index (χ1n) is 5.14. The van der Waals surface area contributed by atoms with Crippen LogP contribution in [0.15, 0.2) is 18.3 Å². The smallest absolute Gasteiger partial charge is 0.311 e. The van der Waals surface area contributed by atoms with E-state index in [-0.39, 0.29) is 24.2 Å². The van der Waals surface area contributed by atoms with Gasteiger partial charge in [0.15, 0.2) is 0 Å². The van der Waals surface area contributed by atoms with Crippen LogP contribution in [0.2, 0.25) is 0 Å². The molecule has 0 aromatic carbocycles. The lowest BCUT2D eigenvalue weighted by molar-refractivity contribution is -0.384. The van der Waals surface area contributed by atoms with Crippen LogP contribution in [0.3, 0.4) is 0 Å². The molecule has 6 nitrogen and oxygen atoms in total. The van der Waals surface area contributed by atoms with Crippen molar-refractivity contribution < 1.29 is 10.0 Å². The molecule has 0 bridgehead atoms. The van der Waals surface area contributed by atoms with Crippen LogP contribution < -0.4 is 5.32 Å². The average molecular weight is 257 g/mol. The largest absolute Gasteiger partial charge is 0.396 e. The van der Waals surface area contributed by atoms with E-state index in [1.165, 1.54) is 18.3 Å². The van der Waals surface area contributed by atoms with Gasteiger partial charge >= 0.3 is 5.69 Å². The van der Waals surface area contributed by atoms with Gasteiger partial charge in [-0.15, -0.1) is 0 Å². The number of aromatic nitrogens is 1. The van der Waals surface area contributed by atoms with Crippen molar-refractivity contribution >= 4 is 23.3 Å². The Morgan fingerprint density at radius 3 is 3.06 bits per heavy atom. The van der Waals surface area contributed by atoms with E-state index in [0.717, 1.165) is 5.75 Å². The zero-order chi connectivity index (χ0) is 12.7. The molecule has 7 heteroatoms. The van der Waals surface area contributed by atoms with Crippen molar-refractivity contribution in [1.29, 1.82) is 0 Å². The number of nitrogens with zero attached hydrogens (tertiary/aromatic N) is 2. The summed E-state index contributed by atoms with van der Waals surface area (Å²) < 4.78 is 0. The number of hydrogen-bond acceptors (Lipinski definition) is 6. The van der Waals surface area contributed by atoms with Crippen molar-refractivity contribution in [3.8, 4) is 0 Å². The predicted molar refractivity (Wildman–Crippen MR) is 68.4 cm³/mol. The summed E-state index contributed by atoms with van der Waals surface area (Å²) in [4.78, 5) is 14.3. The summed E-state index contributed by atoms with van der Waals surface area (Å²) in [6.07, 6.45) is 3.98. The van der Waals surface area contributed by atoms with Gasteiger partial charge in [-0.05, 0) is 18.7 Å². The van der Waals surface area contributed by atoms with Gasteiger partial charge in [-0.25, -0.2) is 4.98 Å². The highest BCUT2D eigenvalue weighted by Gasteiger charge is 2.17. The second-order valence-corrected chi connectivity index (χ2v) is 4.35. The van der Waals surface area contributed by atoms with Crippen molar-refractivity contribution in [2.45, 2.75) is 12.5 Å². The first-order valence-corrected chi connectivity index (χ1v) is 6.54. The Morgan fingerprint density at radius 2 is 2.47 bits per heavy atom.